The number of carbonyl (C=O) groups is 1. The SMILES string of the molecule is Cc1c(CNCCCc2ccccc2)c(C(=O)[O-])c(C)n1Cc1cccc(Cl)c1. The van der Waals surface area contributed by atoms with Gasteiger partial charge in [0.15, 0.2) is 0 Å². The van der Waals surface area contributed by atoms with Gasteiger partial charge in [-0.25, -0.2) is 0 Å². The van der Waals surface area contributed by atoms with Crippen LogP contribution in [0.2, 0.25) is 5.02 Å². The van der Waals surface area contributed by atoms with Gasteiger partial charge >= 0.3 is 0 Å². The highest BCUT2D eigenvalue weighted by Gasteiger charge is 2.18. The van der Waals surface area contributed by atoms with E-state index in [1.54, 1.807) is 0 Å². The van der Waals surface area contributed by atoms with Crippen molar-refractivity contribution in [3.8, 4) is 0 Å². The Morgan fingerprint density at radius 3 is 2.45 bits per heavy atom. The smallest absolute Gasteiger partial charge is 0.0736 e. The first-order valence-corrected chi connectivity index (χ1v) is 10.2. The number of halogens is 1. The van der Waals surface area contributed by atoms with E-state index in [1.165, 1.54) is 5.56 Å². The number of carbonyl (C=O) groups excluding carboxylic acids is 1. The summed E-state index contributed by atoms with van der Waals surface area (Å²) >= 11 is 6.10. The van der Waals surface area contributed by atoms with Crippen LogP contribution in [0.5, 0.6) is 0 Å². The average molecular weight is 410 g/mol. The van der Waals surface area contributed by atoms with E-state index in [1.807, 2.05) is 60.9 Å². The molecule has 2 aromatic carbocycles. The maximum Gasteiger partial charge on any atom is 0.0736 e. The zero-order valence-corrected chi connectivity index (χ0v) is 17.6. The third kappa shape index (κ3) is 5.28. The Hall–Kier alpha value is -2.56. The largest absolute Gasteiger partial charge is 0.545 e. The van der Waals surface area contributed by atoms with E-state index in [0.29, 0.717) is 29.4 Å². The summed E-state index contributed by atoms with van der Waals surface area (Å²) in [6.07, 6.45) is 1.99. The minimum atomic E-state index is -1.13. The summed E-state index contributed by atoms with van der Waals surface area (Å²) in [4.78, 5) is 11.8. The number of hydrogen-bond donors (Lipinski definition) is 1. The lowest BCUT2D eigenvalue weighted by atomic mass is 10.1. The van der Waals surface area contributed by atoms with Gasteiger partial charge in [-0.05, 0) is 62.1 Å². The molecule has 0 spiro atoms. The van der Waals surface area contributed by atoms with Crippen molar-refractivity contribution in [2.24, 2.45) is 0 Å². The molecule has 0 amide bonds. The quantitative estimate of drug-likeness (QED) is 0.545. The second-order valence-corrected chi connectivity index (χ2v) is 7.73. The molecule has 29 heavy (non-hydrogen) atoms. The number of carboxylic acid groups (broad SMARTS) is 1. The van der Waals surface area contributed by atoms with E-state index in [-0.39, 0.29) is 0 Å². The second kappa shape index (κ2) is 9.77. The van der Waals surface area contributed by atoms with E-state index >= 15 is 0 Å². The van der Waals surface area contributed by atoms with Crippen LogP contribution in [-0.4, -0.2) is 17.1 Å². The van der Waals surface area contributed by atoms with Crippen LogP contribution in [0.3, 0.4) is 0 Å². The molecular weight excluding hydrogens is 384 g/mol. The van der Waals surface area contributed by atoms with Crippen molar-refractivity contribution in [1.29, 1.82) is 0 Å². The standard InChI is InChI=1S/C24H27ClN2O2/c1-17-22(15-26-13-7-11-19-8-4-3-5-9-19)23(24(28)29)18(2)27(17)16-20-10-6-12-21(25)14-20/h3-6,8-10,12,14,26H,7,11,13,15-16H2,1-2H3,(H,28,29)/p-1. The summed E-state index contributed by atoms with van der Waals surface area (Å²) in [5.41, 5.74) is 5.08. The molecule has 1 heterocycles. The summed E-state index contributed by atoms with van der Waals surface area (Å²) in [6, 6.07) is 18.0. The normalized spacial score (nSPS) is 11.0. The fraction of sp³-hybridized carbons (Fsp3) is 0.292. The molecule has 0 saturated heterocycles. The van der Waals surface area contributed by atoms with Gasteiger partial charge in [-0.3, -0.25) is 0 Å². The molecule has 3 rings (SSSR count). The van der Waals surface area contributed by atoms with Crippen molar-refractivity contribution < 1.29 is 9.90 Å². The van der Waals surface area contributed by atoms with Crippen LogP contribution in [0.25, 0.3) is 0 Å². The van der Waals surface area contributed by atoms with Crippen molar-refractivity contribution in [3.05, 3.63) is 93.3 Å². The lowest BCUT2D eigenvalue weighted by Gasteiger charge is -2.11. The second-order valence-electron chi connectivity index (χ2n) is 7.29. The van der Waals surface area contributed by atoms with Crippen LogP contribution in [0.15, 0.2) is 54.6 Å². The lowest BCUT2D eigenvalue weighted by Crippen LogP contribution is -2.26. The van der Waals surface area contributed by atoms with Gasteiger partial charge in [0.25, 0.3) is 0 Å². The van der Waals surface area contributed by atoms with Crippen molar-refractivity contribution in [1.82, 2.24) is 9.88 Å². The number of nitrogens with zero attached hydrogens (tertiary/aromatic N) is 1. The number of aromatic carboxylic acids is 1. The molecule has 0 saturated carbocycles. The third-order valence-corrected chi connectivity index (χ3v) is 5.54. The number of carboxylic acids is 1. The highest BCUT2D eigenvalue weighted by molar-refractivity contribution is 6.30. The topological polar surface area (TPSA) is 57.1 Å². The first-order chi connectivity index (χ1) is 14.0. The van der Waals surface area contributed by atoms with Crippen molar-refractivity contribution >= 4 is 17.6 Å². The maximum absolute atomic E-state index is 11.8. The predicted molar refractivity (Wildman–Crippen MR) is 115 cm³/mol. The molecule has 4 nitrogen and oxygen atoms in total. The van der Waals surface area contributed by atoms with E-state index < -0.39 is 5.97 Å². The van der Waals surface area contributed by atoms with E-state index in [9.17, 15) is 9.90 Å². The van der Waals surface area contributed by atoms with Crippen molar-refractivity contribution in [2.75, 3.05) is 6.54 Å². The Balaban J connectivity index is 1.69. The summed E-state index contributed by atoms with van der Waals surface area (Å²) < 4.78 is 2.03. The Bertz CT molecular complexity index is 980. The predicted octanol–water partition coefficient (Wildman–Crippen LogP) is 3.89. The van der Waals surface area contributed by atoms with Crippen LogP contribution in [0.4, 0.5) is 0 Å². The Labute approximate surface area is 177 Å². The molecule has 0 aliphatic carbocycles. The zero-order valence-electron chi connectivity index (χ0n) is 16.9. The van der Waals surface area contributed by atoms with Gasteiger partial charge in [0.2, 0.25) is 0 Å². The zero-order chi connectivity index (χ0) is 20.8. The highest BCUT2D eigenvalue weighted by Crippen LogP contribution is 2.24. The molecule has 0 bridgehead atoms. The number of nitrogens with one attached hydrogen (secondary N) is 1. The number of benzene rings is 2. The number of hydrogen-bond acceptors (Lipinski definition) is 3. The summed E-state index contributed by atoms with van der Waals surface area (Å²) in [5, 5.41) is 15.9. The van der Waals surface area contributed by atoms with Crippen LogP contribution in [-0.2, 0) is 19.5 Å². The first-order valence-electron chi connectivity index (χ1n) is 9.86. The van der Waals surface area contributed by atoms with Gasteiger partial charge in [-0.2, -0.15) is 0 Å². The minimum absolute atomic E-state index is 0.292. The molecule has 0 aliphatic rings. The fourth-order valence-corrected chi connectivity index (χ4v) is 3.98. The lowest BCUT2D eigenvalue weighted by molar-refractivity contribution is -0.255. The van der Waals surface area contributed by atoms with Gasteiger partial charge in [-0.15, -0.1) is 0 Å². The van der Waals surface area contributed by atoms with Gasteiger partial charge in [0.1, 0.15) is 0 Å². The number of aryl methyl sites for hydroxylation is 1. The van der Waals surface area contributed by atoms with Crippen LogP contribution in [0.1, 0.15) is 44.9 Å². The molecule has 5 heteroatoms. The maximum atomic E-state index is 11.8. The number of rotatable bonds is 9. The van der Waals surface area contributed by atoms with Gasteiger partial charge in [0.05, 0.1) is 5.97 Å². The molecule has 0 aliphatic heterocycles. The summed E-state index contributed by atoms with van der Waals surface area (Å²) in [5.74, 6) is -1.13. The van der Waals surface area contributed by atoms with E-state index in [0.717, 1.165) is 36.2 Å². The molecule has 0 radical (unpaired) electrons. The highest BCUT2D eigenvalue weighted by atomic mass is 35.5. The van der Waals surface area contributed by atoms with Crippen LogP contribution < -0.4 is 10.4 Å². The van der Waals surface area contributed by atoms with Crippen molar-refractivity contribution in [2.45, 2.75) is 39.8 Å². The van der Waals surface area contributed by atoms with Crippen molar-refractivity contribution in [3.63, 3.8) is 0 Å². The summed E-state index contributed by atoms with van der Waals surface area (Å²) in [6.45, 7) is 5.70. The van der Waals surface area contributed by atoms with E-state index in [2.05, 4.69) is 17.4 Å². The van der Waals surface area contributed by atoms with Crippen LogP contribution >= 0.6 is 11.6 Å². The van der Waals surface area contributed by atoms with E-state index in [4.69, 9.17) is 11.6 Å². The first kappa shape index (κ1) is 21.2. The molecule has 0 unspecified atom stereocenters. The average Bonchev–Trinajstić information content (AvgIpc) is 2.93. The fourth-order valence-electron chi connectivity index (χ4n) is 3.77. The third-order valence-electron chi connectivity index (χ3n) is 5.31. The van der Waals surface area contributed by atoms with Gasteiger partial charge < -0.3 is 19.8 Å². The number of aromatic nitrogens is 1. The molecule has 1 aromatic heterocycles. The minimum Gasteiger partial charge on any atom is -0.545 e. The van der Waals surface area contributed by atoms with Gasteiger partial charge in [0, 0.05) is 35.1 Å². The Kier molecular flexibility index (Phi) is 7.13. The molecule has 3 aromatic rings. The Morgan fingerprint density at radius 2 is 1.76 bits per heavy atom. The van der Waals surface area contributed by atoms with Crippen LogP contribution in [0, 0.1) is 13.8 Å². The molecule has 0 atom stereocenters. The molecular formula is C24H26ClN2O2-. The molecule has 152 valence electrons. The molecule has 1 N–H and O–H groups in total. The summed E-state index contributed by atoms with van der Waals surface area (Å²) in [7, 11) is 0. The van der Waals surface area contributed by atoms with Gasteiger partial charge in [-0.1, -0.05) is 54.1 Å². The Morgan fingerprint density at radius 1 is 1.03 bits per heavy atom. The molecule has 0 fully saturated rings. The monoisotopic (exact) mass is 409 g/mol.